The van der Waals surface area contributed by atoms with E-state index >= 15 is 0 Å². The maximum atomic E-state index is 10.8. The van der Waals surface area contributed by atoms with Crippen LogP contribution in [0.25, 0.3) is 0 Å². The standard InChI is InChI=1S/C11H8Br2N2O4/c1-5-9(18-11(14)16)10(15-19-5)17-8-4-6(12)2-3-7(8)13/h2-4H,1H3,(H2,14,16). The number of amides is 1. The molecule has 2 aromatic rings. The normalized spacial score (nSPS) is 10.3. The molecule has 8 heteroatoms. The Morgan fingerprint density at radius 3 is 2.84 bits per heavy atom. The Morgan fingerprint density at radius 1 is 1.42 bits per heavy atom. The first-order valence-corrected chi connectivity index (χ1v) is 6.62. The van der Waals surface area contributed by atoms with E-state index in [-0.39, 0.29) is 11.6 Å². The van der Waals surface area contributed by atoms with Crippen molar-refractivity contribution in [3.8, 4) is 17.4 Å². The van der Waals surface area contributed by atoms with Crippen molar-refractivity contribution in [2.45, 2.75) is 6.92 Å². The van der Waals surface area contributed by atoms with Crippen LogP contribution in [0, 0.1) is 6.92 Å². The minimum absolute atomic E-state index is 0.0232. The number of ether oxygens (including phenoxy) is 2. The third kappa shape index (κ3) is 3.27. The molecule has 0 bridgehead atoms. The van der Waals surface area contributed by atoms with Crippen molar-refractivity contribution < 1.29 is 18.8 Å². The quantitative estimate of drug-likeness (QED) is 0.860. The van der Waals surface area contributed by atoms with Gasteiger partial charge in [0, 0.05) is 11.4 Å². The Hall–Kier alpha value is -1.54. The monoisotopic (exact) mass is 390 g/mol. The van der Waals surface area contributed by atoms with Gasteiger partial charge in [-0.3, -0.25) is 0 Å². The fraction of sp³-hybridized carbons (Fsp3) is 0.0909. The van der Waals surface area contributed by atoms with Crippen LogP contribution >= 0.6 is 31.9 Å². The molecule has 1 aromatic heterocycles. The molecule has 6 nitrogen and oxygen atoms in total. The average molecular weight is 392 g/mol. The zero-order valence-corrected chi connectivity index (χ0v) is 12.8. The molecule has 0 unspecified atom stereocenters. The van der Waals surface area contributed by atoms with Crippen LogP contribution in [-0.2, 0) is 0 Å². The topological polar surface area (TPSA) is 87.6 Å². The van der Waals surface area contributed by atoms with E-state index in [0.717, 1.165) is 4.47 Å². The molecule has 0 spiro atoms. The lowest BCUT2D eigenvalue weighted by molar-refractivity contribution is 0.208. The van der Waals surface area contributed by atoms with Gasteiger partial charge in [0.15, 0.2) is 5.76 Å². The Bertz CT molecular complexity index is 627. The maximum absolute atomic E-state index is 10.8. The second kappa shape index (κ2) is 5.62. The number of rotatable bonds is 3. The number of halogens is 2. The predicted octanol–water partition coefficient (Wildman–Crippen LogP) is 3.76. The molecule has 0 aliphatic carbocycles. The highest BCUT2D eigenvalue weighted by molar-refractivity contribution is 9.11. The lowest BCUT2D eigenvalue weighted by Crippen LogP contribution is -2.16. The Kier molecular flexibility index (Phi) is 4.11. The summed E-state index contributed by atoms with van der Waals surface area (Å²) in [6.45, 7) is 1.58. The zero-order chi connectivity index (χ0) is 14.0. The number of aromatic nitrogens is 1. The van der Waals surface area contributed by atoms with Crippen LogP contribution in [0.3, 0.4) is 0 Å². The maximum Gasteiger partial charge on any atom is 0.410 e. The molecule has 0 aliphatic heterocycles. The summed E-state index contributed by atoms with van der Waals surface area (Å²) in [5.74, 6) is 0.853. The van der Waals surface area contributed by atoms with Crippen LogP contribution in [0.15, 0.2) is 31.7 Å². The second-order valence-electron chi connectivity index (χ2n) is 3.47. The van der Waals surface area contributed by atoms with Crippen LogP contribution in [0.1, 0.15) is 5.76 Å². The number of nitrogens with zero attached hydrogens (tertiary/aromatic N) is 1. The summed E-state index contributed by atoms with van der Waals surface area (Å²) >= 11 is 6.66. The van der Waals surface area contributed by atoms with Gasteiger partial charge in [0.1, 0.15) is 5.75 Å². The lowest BCUT2D eigenvalue weighted by Gasteiger charge is -2.06. The zero-order valence-electron chi connectivity index (χ0n) is 9.65. The third-order valence-corrected chi connectivity index (χ3v) is 3.23. The van der Waals surface area contributed by atoms with Gasteiger partial charge < -0.3 is 19.7 Å². The molecule has 2 rings (SSSR count). The number of nitrogens with two attached hydrogens (primary N) is 1. The SMILES string of the molecule is Cc1onc(Oc2cc(Br)ccc2Br)c1OC(N)=O. The molecule has 1 heterocycles. The van der Waals surface area contributed by atoms with Gasteiger partial charge in [-0.15, -0.1) is 0 Å². The van der Waals surface area contributed by atoms with Gasteiger partial charge >= 0.3 is 12.0 Å². The summed E-state index contributed by atoms with van der Waals surface area (Å²) in [6, 6.07) is 5.36. The van der Waals surface area contributed by atoms with Gasteiger partial charge in [-0.1, -0.05) is 15.9 Å². The first-order valence-electron chi connectivity index (χ1n) is 5.04. The fourth-order valence-corrected chi connectivity index (χ4v) is 1.95. The molecule has 2 N–H and O–H groups in total. The van der Waals surface area contributed by atoms with Gasteiger partial charge in [0.25, 0.3) is 0 Å². The van der Waals surface area contributed by atoms with Gasteiger partial charge in [0.05, 0.1) is 4.47 Å². The van der Waals surface area contributed by atoms with Crippen LogP contribution in [0.5, 0.6) is 17.4 Å². The predicted molar refractivity (Wildman–Crippen MR) is 73.4 cm³/mol. The summed E-state index contributed by atoms with van der Waals surface area (Å²) in [5.41, 5.74) is 4.97. The third-order valence-electron chi connectivity index (χ3n) is 2.08. The van der Waals surface area contributed by atoms with Gasteiger partial charge in [-0.2, -0.15) is 0 Å². The smallest absolute Gasteiger partial charge is 0.410 e. The summed E-state index contributed by atoms with van der Waals surface area (Å²) in [4.78, 5) is 10.8. The number of carbonyl (C=O) groups is 1. The molecule has 0 fully saturated rings. The van der Waals surface area contributed by atoms with E-state index in [4.69, 9.17) is 19.7 Å². The van der Waals surface area contributed by atoms with Crippen molar-refractivity contribution in [3.05, 3.63) is 32.9 Å². The van der Waals surface area contributed by atoms with E-state index in [1.54, 1.807) is 19.1 Å². The fourth-order valence-electron chi connectivity index (χ4n) is 1.28. The van der Waals surface area contributed by atoms with Crippen molar-refractivity contribution in [1.29, 1.82) is 0 Å². The molecular formula is C11H8Br2N2O4. The average Bonchev–Trinajstić information content (AvgIpc) is 2.66. The minimum Gasteiger partial charge on any atom is -0.432 e. The van der Waals surface area contributed by atoms with Gasteiger partial charge in [-0.05, 0) is 39.3 Å². The molecule has 0 radical (unpaired) electrons. The molecule has 1 amide bonds. The summed E-state index contributed by atoms with van der Waals surface area (Å²) < 4.78 is 16.8. The summed E-state index contributed by atoms with van der Waals surface area (Å²) in [6.07, 6.45) is -0.968. The lowest BCUT2D eigenvalue weighted by atomic mass is 10.3. The van der Waals surface area contributed by atoms with E-state index in [9.17, 15) is 4.79 Å². The van der Waals surface area contributed by atoms with Crippen LogP contribution in [0.2, 0.25) is 0 Å². The van der Waals surface area contributed by atoms with Crippen LogP contribution < -0.4 is 15.2 Å². The highest BCUT2D eigenvalue weighted by atomic mass is 79.9. The number of primary amides is 1. The molecule has 0 saturated heterocycles. The summed E-state index contributed by atoms with van der Waals surface area (Å²) in [5, 5.41) is 3.67. The molecular weight excluding hydrogens is 384 g/mol. The Balaban J connectivity index is 2.33. The number of carbonyl (C=O) groups excluding carboxylic acids is 1. The van der Waals surface area contributed by atoms with Crippen molar-refractivity contribution in [1.82, 2.24) is 5.16 Å². The van der Waals surface area contributed by atoms with Crippen molar-refractivity contribution in [2.24, 2.45) is 5.73 Å². The van der Waals surface area contributed by atoms with Crippen LogP contribution in [-0.4, -0.2) is 11.2 Å². The minimum atomic E-state index is -0.968. The van der Waals surface area contributed by atoms with Crippen molar-refractivity contribution in [2.75, 3.05) is 0 Å². The first kappa shape index (κ1) is 13.9. The number of aryl methyl sites for hydroxylation is 1. The number of hydrogen-bond acceptors (Lipinski definition) is 5. The largest absolute Gasteiger partial charge is 0.432 e. The first-order chi connectivity index (χ1) is 8.97. The molecule has 1 aromatic carbocycles. The molecule has 100 valence electrons. The molecule has 0 atom stereocenters. The number of benzene rings is 1. The van der Waals surface area contributed by atoms with Crippen LogP contribution in [0.4, 0.5) is 4.79 Å². The highest BCUT2D eigenvalue weighted by Crippen LogP contribution is 2.37. The Labute approximate surface area is 125 Å². The highest BCUT2D eigenvalue weighted by Gasteiger charge is 2.19. The van der Waals surface area contributed by atoms with Gasteiger partial charge in [-0.25, -0.2) is 4.79 Å². The van der Waals surface area contributed by atoms with Crippen molar-refractivity contribution in [3.63, 3.8) is 0 Å². The van der Waals surface area contributed by atoms with Gasteiger partial charge in [0.2, 0.25) is 5.75 Å². The Morgan fingerprint density at radius 2 is 2.16 bits per heavy atom. The molecule has 0 aliphatic rings. The molecule has 0 saturated carbocycles. The summed E-state index contributed by atoms with van der Waals surface area (Å²) in [7, 11) is 0. The van der Waals surface area contributed by atoms with E-state index in [2.05, 4.69) is 37.0 Å². The van der Waals surface area contributed by atoms with E-state index < -0.39 is 6.09 Å². The van der Waals surface area contributed by atoms with E-state index in [0.29, 0.717) is 16.0 Å². The molecule has 19 heavy (non-hydrogen) atoms. The van der Waals surface area contributed by atoms with Crippen molar-refractivity contribution >= 4 is 38.0 Å². The second-order valence-corrected chi connectivity index (χ2v) is 5.24. The van der Waals surface area contributed by atoms with E-state index in [1.165, 1.54) is 0 Å². The van der Waals surface area contributed by atoms with E-state index in [1.807, 2.05) is 6.07 Å². The number of hydrogen-bond donors (Lipinski definition) is 1.